The molecule has 2 heterocycles. The second-order valence-electron chi connectivity index (χ2n) is 8.02. The molecular formula is C22H34F2IN5O. The van der Waals surface area contributed by atoms with Gasteiger partial charge in [0, 0.05) is 52.9 Å². The highest BCUT2D eigenvalue weighted by Gasteiger charge is 2.23. The maximum absolute atomic E-state index is 13.8. The van der Waals surface area contributed by atoms with Gasteiger partial charge in [0.25, 0.3) is 0 Å². The summed E-state index contributed by atoms with van der Waals surface area (Å²) in [7, 11) is 1.72. The minimum atomic E-state index is -0.429. The van der Waals surface area contributed by atoms with Crippen molar-refractivity contribution in [2.24, 2.45) is 4.99 Å². The molecule has 0 radical (unpaired) electrons. The summed E-state index contributed by atoms with van der Waals surface area (Å²) in [5, 5.41) is 3.24. The van der Waals surface area contributed by atoms with Crippen LogP contribution in [0.3, 0.4) is 0 Å². The third kappa shape index (κ3) is 7.85. The summed E-state index contributed by atoms with van der Waals surface area (Å²) in [6.07, 6.45) is 5.05. The van der Waals surface area contributed by atoms with Gasteiger partial charge in [-0.1, -0.05) is 12.8 Å². The van der Waals surface area contributed by atoms with Gasteiger partial charge in [0.15, 0.2) is 5.96 Å². The summed E-state index contributed by atoms with van der Waals surface area (Å²) in [5.41, 5.74) is 0.356. The first-order chi connectivity index (χ1) is 14.6. The van der Waals surface area contributed by atoms with Crippen LogP contribution in [0.4, 0.5) is 8.78 Å². The van der Waals surface area contributed by atoms with Crippen LogP contribution in [0, 0.1) is 11.6 Å². The van der Waals surface area contributed by atoms with Gasteiger partial charge in [0.2, 0.25) is 5.91 Å². The molecule has 2 aliphatic rings. The van der Waals surface area contributed by atoms with Gasteiger partial charge in [-0.3, -0.25) is 14.7 Å². The lowest BCUT2D eigenvalue weighted by atomic mass is 10.1. The maximum atomic E-state index is 13.8. The normalized spacial score (nSPS) is 18.4. The zero-order chi connectivity index (χ0) is 21.3. The summed E-state index contributed by atoms with van der Waals surface area (Å²) < 4.78 is 27.1. The molecule has 0 spiro atoms. The average Bonchev–Trinajstić information content (AvgIpc) is 3.04. The Bertz CT molecular complexity index is 733. The molecule has 0 saturated carbocycles. The Hall–Kier alpha value is -1.49. The summed E-state index contributed by atoms with van der Waals surface area (Å²) in [4.78, 5) is 23.3. The highest BCUT2D eigenvalue weighted by molar-refractivity contribution is 14.0. The Morgan fingerprint density at radius 2 is 1.68 bits per heavy atom. The molecule has 1 N–H and O–H groups in total. The van der Waals surface area contributed by atoms with Crippen molar-refractivity contribution in [1.29, 1.82) is 0 Å². The third-order valence-corrected chi connectivity index (χ3v) is 5.89. The van der Waals surface area contributed by atoms with Crippen LogP contribution in [-0.2, 0) is 11.2 Å². The summed E-state index contributed by atoms with van der Waals surface area (Å²) in [6.45, 7) is 5.90. The molecule has 0 atom stereocenters. The van der Waals surface area contributed by atoms with E-state index in [9.17, 15) is 13.6 Å². The number of rotatable bonds is 5. The Balaban J connectivity index is 0.00000341. The van der Waals surface area contributed by atoms with Gasteiger partial charge in [0.05, 0.1) is 6.54 Å². The van der Waals surface area contributed by atoms with E-state index >= 15 is 0 Å². The third-order valence-electron chi connectivity index (χ3n) is 5.89. The van der Waals surface area contributed by atoms with Crippen LogP contribution in [0.25, 0.3) is 0 Å². The monoisotopic (exact) mass is 549 g/mol. The number of nitrogens with one attached hydrogen (secondary N) is 1. The fourth-order valence-corrected chi connectivity index (χ4v) is 4.11. The van der Waals surface area contributed by atoms with Crippen LogP contribution in [0.2, 0.25) is 0 Å². The average molecular weight is 549 g/mol. The Morgan fingerprint density at radius 3 is 2.32 bits per heavy atom. The quantitative estimate of drug-likeness (QED) is 0.349. The molecule has 3 rings (SSSR count). The van der Waals surface area contributed by atoms with Gasteiger partial charge in [-0.25, -0.2) is 8.78 Å². The van der Waals surface area contributed by atoms with Crippen molar-refractivity contribution in [1.82, 2.24) is 20.0 Å². The highest BCUT2D eigenvalue weighted by Crippen LogP contribution is 2.12. The molecule has 6 nitrogen and oxygen atoms in total. The molecule has 2 fully saturated rings. The predicted molar refractivity (Wildman–Crippen MR) is 130 cm³/mol. The lowest BCUT2D eigenvalue weighted by molar-refractivity contribution is -0.132. The molecular weight excluding hydrogens is 515 g/mol. The maximum Gasteiger partial charge on any atom is 0.236 e. The van der Waals surface area contributed by atoms with E-state index in [4.69, 9.17) is 0 Å². The van der Waals surface area contributed by atoms with E-state index in [1.54, 1.807) is 7.05 Å². The van der Waals surface area contributed by atoms with Crippen molar-refractivity contribution in [3.63, 3.8) is 0 Å². The molecule has 174 valence electrons. The number of likely N-dealkylation sites (tertiary alicyclic amines) is 1. The number of benzene rings is 1. The first kappa shape index (κ1) is 25.8. The number of hydrogen-bond donors (Lipinski definition) is 1. The Labute approximate surface area is 201 Å². The van der Waals surface area contributed by atoms with E-state index in [1.807, 2.05) is 4.90 Å². The predicted octanol–water partition coefficient (Wildman–Crippen LogP) is 2.72. The van der Waals surface area contributed by atoms with Gasteiger partial charge in [-0.15, -0.1) is 24.0 Å². The number of carbonyl (C=O) groups is 1. The van der Waals surface area contributed by atoms with Gasteiger partial charge < -0.3 is 15.1 Å². The molecule has 2 saturated heterocycles. The van der Waals surface area contributed by atoms with E-state index < -0.39 is 11.6 Å². The van der Waals surface area contributed by atoms with E-state index in [-0.39, 0.29) is 29.9 Å². The van der Waals surface area contributed by atoms with Crippen molar-refractivity contribution in [2.75, 3.05) is 59.4 Å². The molecule has 9 heteroatoms. The lowest BCUT2D eigenvalue weighted by Gasteiger charge is -2.37. The number of guanidine groups is 1. The molecule has 1 aromatic rings. The second kappa shape index (κ2) is 13.1. The fraction of sp³-hybridized carbons (Fsp3) is 0.636. The SMILES string of the molecule is CN=C(NCCc1cc(F)ccc1F)N1CCN(CC(=O)N2CCCCCC2)CC1.I. The Morgan fingerprint density at radius 1 is 1.00 bits per heavy atom. The van der Waals surface area contributed by atoms with Gasteiger partial charge in [-0.05, 0) is 43.0 Å². The minimum Gasteiger partial charge on any atom is -0.356 e. The summed E-state index contributed by atoms with van der Waals surface area (Å²) in [6, 6.07) is 3.52. The Kier molecular flexibility index (Phi) is 10.9. The van der Waals surface area contributed by atoms with Crippen molar-refractivity contribution < 1.29 is 13.6 Å². The van der Waals surface area contributed by atoms with Crippen molar-refractivity contribution >= 4 is 35.8 Å². The summed E-state index contributed by atoms with van der Waals surface area (Å²) >= 11 is 0. The van der Waals surface area contributed by atoms with Gasteiger partial charge in [0.1, 0.15) is 11.6 Å². The van der Waals surface area contributed by atoms with Crippen molar-refractivity contribution in [3.05, 3.63) is 35.4 Å². The van der Waals surface area contributed by atoms with Crippen LogP contribution in [0.1, 0.15) is 31.2 Å². The molecule has 1 aromatic carbocycles. The van der Waals surface area contributed by atoms with Gasteiger partial charge in [-0.2, -0.15) is 0 Å². The number of carbonyl (C=O) groups excluding carboxylic acids is 1. The smallest absolute Gasteiger partial charge is 0.236 e. The second-order valence-corrected chi connectivity index (χ2v) is 8.02. The number of piperazine rings is 1. The number of amides is 1. The van der Waals surface area contributed by atoms with Crippen LogP contribution in [0.5, 0.6) is 0 Å². The first-order valence-electron chi connectivity index (χ1n) is 11.0. The van der Waals surface area contributed by atoms with E-state index in [0.29, 0.717) is 25.1 Å². The molecule has 0 bridgehead atoms. The van der Waals surface area contributed by atoms with Crippen molar-refractivity contribution in [2.45, 2.75) is 32.1 Å². The molecule has 0 unspecified atom stereocenters. The van der Waals surface area contributed by atoms with Gasteiger partial charge >= 0.3 is 0 Å². The standard InChI is InChI=1S/C22H33F2N5O.HI/c1-25-22(26-9-8-18-16-19(23)6-7-20(18)24)29-14-12-27(13-15-29)17-21(30)28-10-4-2-3-5-11-28;/h6-7,16H,2-5,8-15,17H2,1H3,(H,25,26);1H. The van der Waals surface area contributed by atoms with Crippen LogP contribution < -0.4 is 5.32 Å². The highest BCUT2D eigenvalue weighted by atomic mass is 127. The van der Waals surface area contributed by atoms with E-state index in [0.717, 1.165) is 70.2 Å². The molecule has 0 aromatic heterocycles. The van der Waals surface area contributed by atoms with Crippen LogP contribution >= 0.6 is 24.0 Å². The topological polar surface area (TPSA) is 51.2 Å². The van der Waals surface area contributed by atoms with E-state index in [2.05, 4.69) is 20.1 Å². The van der Waals surface area contributed by atoms with E-state index in [1.165, 1.54) is 18.9 Å². The largest absolute Gasteiger partial charge is 0.356 e. The molecule has 1 amide bonds. The number of aliphatic imine (C=N–C) groups is 1. The zero-order valence-corrected chi connectivity index (χ0v) is 20.6. The zero-order valence-electron chi connectivity index (χ0n) is 18.3. The number of hydrogen-bond acceptors (Lipinski definition) is 3. The number of nitrogens with zero attached hydrogens (tertiary/aromatic N) is 4. The molecule has 2 aliphatic heterocycles. The molecule has 0 aliphatic carbocycles. The lowest BCUT2D eigenvalue weighted by Crippen LogP contribution is -2.54. The first-order valence-corrected chi connectivity index (χ1v) is 11.0. The minimum absolute atomic E-state index is 0. The van der Waals surface area contributed by atoms with Crippen LogP contribution in [-0.4, -0.2) is 86.0 Å². The number of halogens is 3. The van der Waals surface area contributed by atoms with Crippen LogP contribution in [0.15, 0.2) is 23.2 Å². The fourth-order valence-electron chi connectivity index (χ4n) is 4.11. The summed E-state index contributed by atoms with van der Waals surface area (Å²) in [5.74, 6) is 0.174. The van der Waals surface area contributed by atoms with Crippen molar-refractivity contribution in [3.8, 4) is 0 Å². The molecule has 31 heavy (non-hydrogen) atoms.